The molecule has 0 atom stereocenters. The number of para-hydroxylation sites is 3. The van der Waals surface area contributed by atoms with E-state index in [1.54, 1.807) is 0 Å². The lowest BCUT2D eigenvalue weighted by molar-refractivity contribution is 0.669. The third-order valence-corrected chi connectivity index (χ3v) is 9.48. The minimum atomic E-state index is 0.873. The first-order chi connectivity index (χ1) is 22.8. The molecule has 0 saturated heterocycles. The summed E-state index contributed by atoms with van der Waals surface area (Å²) in [5, 5.41) is 9.29. The molecule has 0 N–H and O–H groups in total. The average molecular weight is 587 g/mol. The van der Waals surface area contributed by atoms with Crippen molar-refractivity contribution in [2.45, 2.75) is 0 Å². The van der Waals surface area contributed by atoms with Crippen LogP contribution in [0, 0.1) is 0 Å². The van der Waals surface area contributed by atoms with Crippen molar-refractivity contribution in [2.75, 3.05) is 0 Å². The lowest BCUT2D eigenvalue weighted by Gasteiger charge is -2.18. The van der Waals surface area contributed by atoms with Gasteiger partial charge in [-0.25, -0.2) is 0 Å². The highest BCUT2D eigenvalue weighted by molar-refractivity contribution is 6.26. The Bertz CT molecular complexity index is 2740. The molecule has 0 unspecified atom stereocenters. The molecular weight excluding hydrogens is 560 g/mol. The Kier molecular flexibility index (Phi) is 5.31. The molecule has 0 spiro atoms. The second-order valence-electron chi connectivity index (χ2n) is 12.0. The molecule has 0 aliphatic rings. The average Bonchev–Trinajstić information content (AvgIpc) is 3.70. The van der Waals surface area contributed by atoms with Crippen LogP contribution in [0.2, 0.25) is 0 Å². The Morgan fingerprint density at radius 3 is 1.48 bits per heavy atom. The van der Waals surface area contributed by atoms with Crippen molar-refractivity contribution in [1.82, 2.24) is 0 Å². The summed E-state index contributed by atoms with van der Waals surface area (Å²) in [7, 11) is 0. The van der Waals surface area contributed by atoms with Crippen LogP contribution in [0.1, 0.15) is 0 Å². The van der Waals surface area contributed by atoms with Gasteiger partial charge in [-0.05, 0) is 56.4 Å². The van der Waals surface area contributed by atoms with Gasteiger partial charge < -0.3 is 8.83 Å². The van der Waals surface area contributed by atoms with E-state index in [0.717, 1.165) is 60.6 Å². The fraction of sp³-hybridized carbons (Fsp3) is 0. The van der Waals surface area contributed by atoms with Crippen LogP contribution in [0.25, 0.3) is 98.8 Å². The molecule has 0 aliphatic heterocycles. The van der Waals surface area contributed by atoms with Crippen LogP contribution in [-0.4, -0.2) is 0 Å². The Balaban J connectivity index is 1.35. The summed E-state index contributed by atoms with van der Waals surface area (Å²) < 4.78 is 13.4. The van der Waals surface area contributed by atoms with Crippen molar-refractivity contribution in [3.63, 3.8) is 0 Å². The molecule has 0 aliphatic carbocycles. The van der Waals surface area contributed by atoms with Crippen molar-refractivity contribution in [1.29, 1.82) is 0 Å². The zero-order valence-electron chi connectivity index (χ0n) is 24.8. The molecule has 2 aromatic heterocycles. The van der Waals surface area contributed by atoms with Gasteiger partial charge >= 0.3 is 0 Å². The molecule has 46 heavy (non-hydrogen) atoms. The lowest BCUT2D eigenvalue weighted by Crippen LogP contribution is -1.91. The summed E-state index contributed by atoms with van der Waals surface area (Å²) in [5.41, 5.74) is 10.4. The smallest absolute Gasteiger partial charge is 0.143 e. The Hall–Kier alpha value is -6.12. The monoisotopic (exact) mass is 586 g/mol. The predicted octanol–water partition coefficient (Wildman–Crippen LogP) is 12.8. The van der Waals surface area contributed by atoms with E-state index in [9.17, 15) is 0 Å². The molecule has 0 bridgehead atoms. The minimum Gasteiger partial charge on any atom is -0.455 e. The number of benzene rings is 8. The normalized spacial score (nSPS) is 11.9. The predicted molar refractivity (Wildman–Crippen MR) is 192 cm³/mol. The van der Waals surface area contributed by atoms with E-state index >= 15 is 0 Å². The van der Waals surface area contributed by atoms with Gasteiger partial charge in [0.25, 0.3) is 0 Å². The number of furan rings is 2. The fourth-order valence-electron chi connectivity index (χ4n) is 7.54. The molecule has 214 valence electrons. The van der Waals surface area contributed by atoms with Crippen molar-refractivity contribution in [3.8, 4) is 33.4 Å². The Labute approximate surface area is 264 Å². The van der Waals surface area contributed by atoms with E-state index < -0.39 is 0 Å². The van der Waals surface area contributed by atoms with Gasteiger partial charge in [0.05, 0.1) is 0 Å². The van der Waals surface area contributed by atoms with Crippen LogP contribution in [0.15, 0.2) is 167 Å². The van der Waals surface area contributed by atoms with Crippen molar-refractivity contribution in [3.05, 3.63) is 158 Å². The molecule has 2 nitrogen and oxygen atoms in total. The summed E-state index contributed by atoms with van der Waals surface area (Å²) >= 11 is 0. The first kappa shape index (κ1) is 25.2. The Morgan fingerprint density at radius 2 is 0.783 bits per heavy atom. The molecular formula is C44H26O2. The highest BCUT2D eigenvalue weighted by atomic mass is 16.3. The molecule has 0 fully saturated rings. The molecule has 0 radical (unpaired) electrons. The topological polar surface area (TPSA) is 26.3 Å². The molecule has 10 aromatic rings. The van der Waals surface area contributed by atoms with Crippen LogP contribution in [0.4, 0.5) is 0 Å². The van der Waals surface area contributed by atoms with Gasteiger partial charge in [-0.15, -0.1) is 0 Å². The van der Waals surface area contributed by atoms with Gasteiger partial charge in [0.2, 0.25) is 0 Å². The maximum atomic E-state index is 6.85. The van der Waals surface area contributed by atoms with Crippen LogP contribution in [0.5, 0.6) is 0 Å². The summed E-state index contributed by atoms with van der Waals surface area (Å²) in [5.74, 6) is 0. The molecule has 10 rings (SSSR count). The van der Waals surface area contributed by atoms with Gasteiger partial charge in [0.1, 0.15) is 22.3 Å². The minimum absolute atomic E-state index is 0.873. The number of hydrogen-bond acceptors (Lipinski definition) is 2. The van der Waals surface area contributed by atoms with Crippen molar-refractivity contribution >= 4 is 65.4 Å². The largest absolute Gasteiger partial charge is 0.455 e. The van der Waals surface area contributed by atoms with E-state index in [1.165, 1.54) is 38.2 Å². The molecule has 2 heteroatoms. The molecule has 2 heterocycles. The van der Waals surface area contributed by atoms with Crippen LogP contribution in [0.3, 0.4) is 0 Å². The van der Waals surface area contributed by atoms with Gasteiger partial charge in [0.15, 0.2) is 0 Å². The number of rotatable bonds is 3. The second kappa shape index (κ2) is 9.69. The highest BCUT2D eigenvalue weighted by Gasteiger charge is 2.23. The van der Waals surface area contributed by atoms with E-state index in [2.05, 4.69) is 140 Å². The van der Waals surface area contributed by atoms with Gasteiger partial charge in [0, 0.05) is 38.2 Å². The van der Waals surface area contributed by atoms with Crippen molar-refractivity contribution < 1.29 is 8.83 Å². The summed E-state index contributed by atoms with van der Waals surface area (Å²) in [4.78, 5) is 0. The SMILES string of the molecule is c1ccc(-c2c3ccccc3c(-c3ccc(-c4cccc5c4oc4ccccc45)c4c3oc3ccccc34)c3ccccc23)cc1. The van der Waals surface area contributed by atoms with Gasteiger partial charge in [-0.1, -0.05) is 140 Å². The summed E-state index contributed by atoms with van der Waals surface area (Å²) in [6.07, 6.45) is 0. The van der Waals surface area contributed by atoms with Crippen molar-refractivity contribution in [2.24, 2.45) is 0 Å². The first-order valence-corrected chi connectivity index (χ1v) is 15.7. The van der Waals surface area contributed by atoms with E-state index in [1.807, 2.05) is 18.2 Å². The summed E-state index contributed by atoms with van der Waals surface area (Å²) in [6.45, 7) is 0. The molecule has 8 aromatic carbocycles. The van der Waals surface area contributed by atoms with E-state index in [-0.39, 0.29) is 0 Å². The highest BCUT2D eigenvalue weighted by Crippen LogP contribution is 2.49. The fourth-order valence-corrected chi connectivity index (χ4v) is 7.54. The third-order valence-electron chi connectivity index (χ3n) is 9.48. The van der Waals surface area contributed by atoms with E-state index in [0.29, 0.717) is 0 Å². The zero-order chi connectivity index (χ0) is 30.2. The Morgan fingerprint density at radius 1 is 0.283 bits per heavy atom. The van der Waals surface area contributed by atoms with Crippen LogP contribution >= 0.6 is 0 Å². The number of fused-ring (bicyclic) bond motifs is 8. The van der Waals surface area contributed by atoms with Gasteiger partial charge in [-0.2, -0.15) is 0 Å². The third kappa shape index (κ3) is 3.53. The standard InChI is InChI=1S/C44H26O2/c1-2-13-27(14-3-1)40-29-16-4-6-18-31(29)41(32-19-7-5-17-30(32)40)37-26-25-33(42-36-20-9-11-24-39(36)46-44(37)42)35-22-12-21-34-28-15-8-10-23-38(28)45-43(34)35/h1-26H. The number of hydrogen-bond donors (Lipinski definition) is 0. The molecule has 0 amide bonds. The first-order valence-electron chi connectivity index (χ1n) is 15.7. The maximum Gasteiger partial charge on any atom is 0.143 e. The maximum absolute atomic E-state index is 6.85. The summed E-state index contributed by atoms with van der Waals surface area (Å²) in [6, 6.07) is 55.9. The second-order valence-corrected chi connectivity index (χ2v) is 12.0. The van der Waals surface area contributed by atoms with Crippen LogP contribution < -0.4 is 0 Å². The zero-order valence-corrected chi connectivity index (χ0v) is 24.8. The lowest BCUT2D eigenvalue weighted by atomic mass is 9.85. The van der Waals surface area contributed by atoms with E-state index in [4.69, 9.17) is 8.83 Å². The van der Waals surface area contributed by atoms with Crippen LogP contribution in [-0.2, 0) is 0 Å². The quantitative estimate of drug-likeness (QED) is 0.193. The molecule has 0 saturated carbocycles. The van der Waals surface area contributed by atoms with Gasteiger partial charge in [-0.3, -0.25) is 0 Å².